The van der Waals surface area contributed by atoms with Crippen molar-refractivity contribution in [1.29, 1.82) is 0 Å². The van der Waals surface area contributed by atoms with Gasteiger partial charge in [-0.05, 0) is 19.4 Å². The molecular weight excluding hydrogens is 240 g/mol. The topological polar surface area (TPSA) is 72.2 Å². The molecule has 2 rings (SSSR count). The van der Waals surface area contributed by atoms with E-state index in [0.717, 1.165) is 15.9 Å². The molecule has 1 unspecified atom stereocenters. The monoisotopic (exact) mass is 252 g/mol. The van der Waals surface area contributed by atoms with Crippen LogP contribution in [0.15, 0.2) is 17.2 Å². The lowest BCUT2D eigenvalue weighted by molar-refractivity contribution is -0.140. The van der Waals surface area contributed by atoms with Gasteiger partial charge in [0.05, 0.1) is 11.7 Å². The Balaban J connectivity index is 2.65. The molecule has 0 radical (unpaired) electrons. The summed E-state index contributed by atoms with van der Waals surface area (Å²) < 4.78 is 1.15. The summed E-state index contributed by atoms with van der Waals surface area (Å²) in [4.78, 5) is 28.8. The van der Waals surface area contributed by atoms with Crippen molar-refractivity contribution in [2.45, 2.75) is 26.3 Å². The molecule has 0 saturated carbocycles. The zero-order valence-corrected chi connectivity index (χ0v) is 10.3. The van der Waals surface area contributed by atoms with Crippen LogP contribution in [0, 0.1) is 0 Å². The minimum atomic E-state index is -1.04. The highest BCUT2D eigenvalue weighted by Gasteiger charge is 2.17. The first-order chi connectivity index (χ1) is 8.04. The highest BCUT2D eigenvalue weighted by atomic mass is 32.1. The quantitative estimate of drug-likeness (QED) is 0.901. The van der Waals surface area contributed by atoms with Crippen LogP contribution in [-0.2, 0) is 11.2 Å². The molecule has 6 heteroatoms. The van der Waals surface area contributed by atoms with Gasteiger partial charge in [-0.3, -0.25) is 9.36 Å². The molecule has 17 heavy (non-hydrogen) atoms. The minimum absolute atomic E-state index is 0.291. The third-order valence-electron chi connectivity index (χ3n) is 2.65. The van der Waals surface area contributed by atoms with E-state index in [-0.39, 0.29) is 5.56 Å². The van der Waals surface area contributed by atoms with Gasteiger partial charge in [-0.25, -0.2) is 9.78 Å². The number of aliphatic carboxylic acids is 1. The molecule has 0 amide bonds. The minimum Gasteiger partial charge on any atom is -0.480 e. The number of nitrogens with zero attached hydrogens (tertiary/aromatic N) is 2. The molecule has 0 fully saturated rings. The van der Waals surface area contributed by atoms with Crippen LogP contribution >= 0.6 is 11.3 Å². The van der Waals surface area contributed by atoms with Gasteiger partial charge < -0.3 is 5.11 Å². The van der Waals surface area contributed by atoms with E-state index in [1.807, 2.05) is 6.92 Å². The lowest BCUT2D eigenvalue weighted by Crippen LogP contribution is -2.27. The van der Waals surface area contributed by atoms with Crippen LogP contribution < -0.4 is 5.56 Å². The summed E-state index contributed by atoms with van der Waals surface area (Å²) in [6.07, 6.45) is 2.15. The lowest BCUT2D eigenvalue weighted by Gasteiger charge is -2.08. The fourth-order valence-corrected chi connectivity index (χ4v) is 2.48. The van der Waals surface area contributed by atoms with E-state index in [9.17, 15) is 9.59 Å². The molecule has 2 aromatic rings. The zero-order valence-electron chi connectivity index (χ0n) is 9.51. The number of rotatable bonds is 3. The summed E-state index contributed by atoms with van der Waals surface area (Å²) in [7, 11) is 0. The fraction of sp³-hybridized carbons (Fsp3) is 0.364. The second kappa shape index (κ2) is 4.29. The molecule has 90 valence electrons. The molecular formula is C11H12N2O3S. The van der Waals surface area contributed by atoms with Crippen molar-refractivity contribution >= 4 is 27.5 Å². The van der Waals surface area contributed by atoms with Crippen LogP contribution in [0.5, 0.6) is 0 Å². The smallest absolute Gasteiger partial charge is 0.326 e. The van der Waals surface area contributed by atoms with Crippen LogP contribution in [0.4, 0.5) is 0 Å². The Morgan fingerprint density at radius 2 is 2.35 bits per heavy atom. The van der Waals surface area contributed by atoms with Crippen molar-refractivity contribution < 1.29 is 9.90 Å². The Morgan fingerprint density at radius 1 is 1.65 bits per heavy atom. The normalized spacial score (nSPS) is 12.8. The molecule has 0 aromatic carbocycles. The summed E-state index contributed by atoms with van der Waals surface area (Å²) in [6.45, 7) is 3.47. The number of carboxylic acids is 1. The van der Waals surface area contributed by atoms with Gasteiger partial charge in [0.2, 0.25) is 0 Å². The fourth-order valence-electron chi connectivity index (χ4n) is 1.56. The largest absolute Gasteiger partial charge is 0.480 e. The maximum absolute atomic E-state index is 12.1. The number of carbonyl (C=O) groups is 1. The van der Waals surface area contributed by atoms with Gasteiger partial charge >= 0.3 is 5.97 Å². The highest BCUT2D eigenvalue weighted by molar-refractivity contribution is 7.18. The van der Waals surface area contributed by atoms with E-state index < -0.39 is 12.0 Å². The molecule has 5 nitrogen and oxygen atoms in total. The van der Waals surface area contributed by atoms with Crippen molar-refractivity contribution in [2.75, 3.05) is 0 Å². The van der Waals surface area contributed by atoms with Crippen molar-refractivity contribution in [3.05, 3.63) is 27.6 Å². The predicted octanol–water partition coefficient (Wildman–Crippen LogP) is 1.67. The first-order valence-corrected chi connectivity index (χ1v) is 6.08. The maximum Gasteiger partial charge on any atom is 0.326 e. The Labute approximate surface area is 101 Å². The van der Waals surface area contributed by atoms with Gasteiger partial charge in [0.15, 0.2) is 0 Å². The van der Waals surface area contributed by atoms with Gasteiger partial charge in [0, 0.05) is 4.88 Å². The second-order valence-corrected chi connectivity index (χ2v) is 4.87. The maximum atomic E-state index is 12.1. The van der Waals surface area contributed by atoms with Crippen molar-refractivity contribution in [3.8, 4) is 0 Å². The Bertz CT molecular complexity index is 629. The van der Waals surface area contributed by atoms with Crippen molar-refractivity contribution in [3.63, 3.8) is 0 Å². The predicted molar refractivity (Wildman–Crippen MR) is 65.6 cm³/mol. The summed E-state index contributed by atoms with van der Waals surface area (Å²) in [5.41, 5.74) is -0.291. The Morgan fingerprint density at radius 3 is 2.94 bits per heavy atom. The summed E-state index contributed by atoms with van der Waals surface area (Å²) in [5, 5.41) is 9.40. The molecule has 0 aliphatic heterocycles. The Hall–Kier alpha value is -1.69. The van der Waals surface area contributed by atoms with E-state index in [1.165, 1.54) is 24.6 Å². The van der Waals surface area contributed by atoms with E-state index >= 15 is 0 Å². The molecule has 0 bridgehead atoms. The van der Waals surface area contributed by atoms with E-state index in [4.69, 9.17) is 5.11 Å². The van der Waals surface area contributed by atoms with Crippen molar-refractivity contribution in [1.82, 2.24) is 9.55 Å². The molecule has 2 heterocycles. The molecule has 2 aromatic heterocycles. The van der Waals surface area contributed by atoms with Gasteiger partial charge in [-0.1, -0.05) is 6.92 Å². The number of thiophene rings is 1. The van der Waals surface area contributed by atoms with E-state index in [0.29, 0.717) is 10.2 Å². The first-order valence-electron chi connectivity index (χ1n) is 5.27. The number of hydrogen-bond acceptors (Lipinski definition) is 4. The molecule has 1 atom stereocenters. The van der Waals surface area contributed by atoms with Gasteiger partial charge in [-0.15, -0.1) is 11.3 Å². The lowest BCUT2D eigenvalue weighted by atomic mass is 10.3. The van der Waals surface area contributed by atoms with Gasteiger partial charge in [-0.2, -0.15) is 0 Å². The molecule has 1 N–H and O–H groups in total. The molecule has 0 spiro atoms. The summed E-state index contributed by atoms with van der Waals surface area (Å²) in [5.74, 6) is -1.04. The number of aromatic nitrogens is 2. The molecule has 0 aliphatic carbocycles. The van der Waals surface area contributed by atoms with Gasteiger partial charge in [0.25, 0.3) is 5.56 Å². The number of aryl methyl sites for hydroxylation is 1. The third-order valence-corrected chi connectivity index (χ3v) is 3.84. The van der Waals surface area contributed by atoms with Gasteiger partial charge in [0.1, 0.15) is 10.9 Å². The number of fused-ring (bicyclic) bond motifs is 1. The SMILES string of the molecule is CCc1cc2c(=O)n(C(C)C(=O)O)cnc2s1. The second-order valence-electron chi connectivity index (χ2n) is 3.76. The highest BCUT2D eigenvalue weighted by Crippen LogP contribution is 2.21. The van der Waals surface area contributed by atoms with E-state index in [1.54, 1.807) is 6.07 Å². The van der Waals surface area contributed by atoms with E-state index in [2.05, 4.69) is 4.98 Å². The third kappa shape index (κ3) is 1.95. The van der Waals surface area contributed by atoms with Crippen LogP contribution in [0.2, 0.25) is 0 Å². The summed E-state index contributed by atoms with van der Waals surface area (Å²) >= 11 is 1.47. The van der Waals surface area contributed by atoms with Crippen molar-refractivity contribution in [2.24, 2.45) is 0 Å². The summed E-state index contributed by atoms with van der Waals surface area (Å²) in [6, 6.07) is 0.893. The molecule has 0 saturated heterocycles. The molecule has 0 aliphatic rings. The van der Waals surface area contributed by atoms with Crippen LogP contribution in [0.3, 0.4) is 0 Å². The Kier molecular flexibility index (Phi) is 2.97. The number of carboxylic acid groups (broad SMARTS) is 1. The van der Waals surface area contributed by atoms with Crippen LogP contribution in [0.1, 0.15) is 24.8 Å². The average Bonchev–Trinajstić information content (AvgIpc) is 2.72. The standard InChI is InChI=1S/C11H12N2O3S/c1-3-7-4-8-9(17-7)12-5-13(10(8)14)6(2)11(15)16/h4-6H,3H2,1-2H3,(H,15,16). The average molecular weight is 252 g/mol. The van der Waals surface area contributed by atoms with Crippen LogP contribution in [-0.4, -0.2) is 20.6 Å². The first kappa shape index (κ1) is 11.8. The number of hydrogen-bond donors (Lipinski definition) is 1. The zero-order chi connectivity index (χ0) is 12.6. The van der Waals surface area contributed by atoms with Crippen LogP contribution in [0.25, 0.3) is 10.2 Å².